The lowest BCUT2D eigenvalue weighted by Gasteiger charge is -2.45. The first kappa shape index (κ1) is 32.8. The van der Waals surface area contributed by atoms with Crippen molar-refractivity contribution in [2.45, 2.75) is 62.2 Å². The number of fused-ring (bicyclic) bond motifs is 3. The van der Waals surface area contributed by atoms with Crippen LogP contribution in [-0.4, -0.2) is 79.5 Å². The number of aromatic carboxylic acids is 1. The van der Waals surface area contributed by atoms with Gasteiger partial charge in [-0.1, -0.05) is 29.8 Å². The van der Waals surface area contributed by atoms with Gasteiger partial charge in [-0.25, -0.2) is 18.4 Å². The van der Waals surface area contributed by atoms with Crippen LogP contribution in [0.3, 0.4) is 0 Å². The Morgan fingerprint density at radius 2 is 1.98 bits per heavy atom. The zero-order valence-corrected chi connectivity index (χ0v) is 27.5. The molecule has 1 spiro atoms. The summed E-state index contributed by atoms with van der Waals surface area (Å²) < 4.78 is 30.8. The SMILES string of the molecule is CC(=O)N1C[C@@H](C/C=C/C(O)[C@@H]2CC[C@H]2CN2C[C@@]3(CCCc4cc(Cl)ccc43)COc3ccc(C(=O)O)cc32)[C@H](S(N)(=O)=O)C1. The smallest absolute Gasteiger partial charge is 0.335 e. The lowest BCUT2D eigenvalue weighted by molar-refractivity contribution is -0.127. The van der Waals surface area contributed by atoms with Gasteiger partial charge in [-0.2, -0.15) is 0 Å². The van der Waals surface area contributed by atoms with E-state index in [2.05, 4.69) is 11.0 Å². The number of allylic oxidation sites excluding steroid dienone is 1. The molecule has 46 heavy (non-hydrogen) atoms. The van der Waals surface area contributed by atoms with Gasteiger partial charge in [0.1, 0.15) is 5.75 Å². The molecule has 4 N–H and O–H groups in total. The van der Waals surface area contributed by atoms with Crippen molar-refractivity contribution in [2.24, 2.45) is 22.9 Å². The maximum atomic E-state index is 12.2. The number of nitrogens with zero attached hydrogens (tertiary/aromatic N) is 2. The highest BCUT2D eigenvalue weighted by Gasteiger charge is 2.44. The molecule has 248 valence electrons. The summed E-state index contributed by atoms with van der Waals surface area (Å²) in [6, 6.07) is 11.1. The van der Waals surface area contributed by atoms with Crippen molar-refractivity contribution in [3.63, 3.8) is 0 Å². The van der Waals surface area contributed by atoms with Gasteiger partial charge in [0.2, 0.25) is 15.9 Å². The number of carbonyl (C=O) groups is 2. The third-order valence-electron chi connectivity index (χ3n) is 10.7. The van der Waals surface area contributed by atoms with Crippen molar-refractivity contribution in [3.8, 4) is 5.75 Å². The maximum absolute atomic E-state index is 12.2. The minimum Gasteiger partial charge on any atom is -0.490 e. The molecule has 0 bridgehead atoms. The van der Waals surface area contributed by atoms with Crippen LogP contribution in [0.25, 0.3) is 0 Å². The molecule has 6 rings (SSSR count). The third-order valence-corrected chi connectivity index (χ3v) is 12.3. The highest BCUT2D eigenvalue weighted by Crippen LogP contribution is 2.46. The molecular formula is C34H42ClN3O7S. The molecule has 2 aromatic rings. The number of sulfonamides is 1. The van der Waals surface area contributed by atoms with Crippen molar-refractivity contribution in [1.29, 1.82) is 0 Å². The number of nitrogens with two attached hydrogens (primary N) is 1. The molecule has 1 saturated carbocycles. The minimum atomic E-state index is -3.82. The fourth-order valence-corrected chi connectivity index (χ4v) is 9.35. The highest BCUT2D eigenvalue weighted by atomic mass is 35.5. The van der Waals surface area contributed by atoms with Crippen molar-refractivity contribution in [1.82, 2.24) is 4.90 Å². The number of benzene rings is 2. The zero-order chi connectivity index (χ0) is 32.8. The van der Waals surface area contributed by atoms with E-state index in [1.54, 1.807) is 24.3 Å². The first-order valence-corrected chi connectivity index (χ1v) is 18.0. The Bertz CT molecular complexity index is 1650. The molecule has 2 heterocycles. The average Bonchev–Trinajstić information content (AvgIpc) is 3.36. The van der Waals surface area contributed by atoms with E-state index in [1.807, 2.05) is 18.2 Å². The summed E-state index contributed by atoms with van der Waals surface area (Å²) in [6.45, 7) is 3.57. The summed E-state index contributed by atoms with van der Waals surface area (Å²) in [4.78, 5) is 27.6. The van der Waals surface area contributed by atoms with E-state index >= 15 is 0 Å². The Balaban J connectivity index is 1.21. The number of aryl methyl sites for hydroxylation is 1. The lowest BCUT2D eigenvalue weighted by atomic mass is 9.68. The van der Waals surface area contributed by atoms with Crippen molar-refractivity contribution in [3.05, 3.63) is 70.3 Å². The van der Waals surface area contributed by atoms with E-state index in [4.69, 9.17) is 21.5 Å². The molecule has 4 aliphatic rings. The van der Waals surface area contributed by atoms with E-state index in [9.17, 15) is 28.2 Å². The normalized spacial score (nSPS) is 28.3. The number of anilines is 1. The number of carboxylic acid groups (broad SMARTS) is 1. The number of carbonyl (C=O) groups excluding carboxylic acids is 1. The van der Waals surface area contributed by atoms with E-state index in [0.29, 0.717) is 43.4 Å². The van der Waals surface area contributed by atoms with Gasteiger partial charge in [0.15, 0.2) is 0 Å². The number of amides is 1. The molecular weight excluding hydrogens is 630 g/mol. The second kappa shape index (κ2) is 12.8. The van der Waals surface area contributed by atoms with Crippen LogP contribution in [-0.2, 0) is 26.7 Å². The Kier molecular flexibility index (Phi) is 9.14. The predicted octanol–water partition coefficient (Wildman–Crippen LogP) is 3.98. The third kappa shape index (κ3) is 6.52. The van der Waals surface area contributed by atoms with Gasteiger partial charge in [0.25, 0.3) is 0 Å². The summed E-state index contributed by atoms with van der Waals surface area (Å²) >= 11 is 6.37. The van der Waals surface area contributed by atoms with E-state index in [-0.39, 0.29) is 41.2 Å². The van der Waals surface area contributed by atoms with Crippen molar-refractivity contribution in [2.75, 3.05) is 37.7 Å². The summed E-state index contributed by atoms with van der Waals surface area (Å²) in [5.41, 5.74) is 3.09. The molecule has 2 aliphatic carbocycles. The number of primary sulfonamides is 1. The highest BCUT2D eigenvalue weighted by molar-refractivity contribution is 7.89. The Morgan fingerprint density at radius 3 is 2.67 bits per heavy atom. The van der Waals surface area contributed by atoms with Crippen LogP contribution in [0.15, 0.2) is 48.6 Å². The molecule has 1 unspecified atom stereocenters. The van der Waals surface area contributed by atoms with Gasteiger partial charge in [-0.15, -0.1) is 0 Å². The number of aliphatic hydroxyl groups is 1. The van der Waals surface area contributed by atoms with Crippen LogP contribution >= 0.6 is 11.6 Å². The van der Waals surface area contributed by atoms with Crippen LogP contribution in [0, 0.1) is 17.8 Å². The number of hydrogen-bond donors (Lipinski definition) is 3. The van der Waals surface area contributed by atoms with E-state index < -0.39 is 27.3 Å². The van der Waals surface area contributed by atoms with Gasteiger partial charge in [0, 0.05) is 43.5 Å². The van der Waals surface area contributed by atoms with Gasteiger partial charge < -0.3 is 24.7 Å². The minimum absolute atomic E-state index is 0.00809. The summed E-state index contributed by atoms with van der Waals surface area (Å²) in [5.74, 6) is -0.719. The van der Waals surface area contributed by atoms with Crippen LogP contribution in [0.1, 0.15) is 60.5 Å². The zero-order valence-electron chi connectivity index (χ0n) is 26.0. The van der Waals surface area contributed by atoms with Gasteiger partial charge in [-0.3, -0.25) is 4.79 Å². The van der Waals surface area contributed by atoms with Crippen LogP contribution in [0.5, 0.6) is 5.75 Å². The topological polar surface area (TPSA) is 150 Å². The molecule has 2 fully saturated rings. The van der Waals surface area contributed by atoms with Gasteiger partial charge in [-0.05, 0) is 97.7 Å². The van der Waals surface area contributed by atoms with Crippen LogP contribution < -0.4 is 14.8 Å². The number of aliphatic hydroxyl groups excluding tert-OH is 1. The number of halogens is 1. The summed E-state index contributed by atoms with van der Waals surface area (Å²) in [6.07, 6.45) is 7.87. The van der Waals surface area contributed by atoms with Gasteiger partial charge in [0.05, 0.1) is 29.2 Å². The second-order valence-corrected chi connectivity index (χ2v) is 15.8. The lowest BCUT2D eigenvalue weighted by Crippen LogP contribution is -2.49. The number of hydrogen-bond acceptors (Lipinski definition) is 7. The second-order valence-electron chi connectivity index (χ2n) is 13.6. The summed E-state index contributed by atoms with van der Waals surface area (Å²) in [7, 11) is -3.82. The molecule has 10 nitrogen and oxygen atoms in total. The molecule has 6 atom stereocenters. The van der Waals surface area contributed by atoms with E-state index in [1.165, 1.54) is 23.0 Å². The van der Waals surface area contributed by atoms with Crippen molar-refractivity contribution >= 4 is 39.2 Å². The molecule has 12 heteroatoms. The molecule has 1 amide bonds. The molecule has 0 aromatic heterocycles. The fraction of sp³-hybridized carbons (Fsp3) is 0.529. The fourth-order valence-electron chi connectivity index (χ4n) is 8.03. The Morgan fingerprint density at radius 1 is 1.17 bits per heavy atom. The first-order valence-electron chi connectivity index (χ1n) is 16.0. The Labute approximate surface area is 275 Å². The maximum Gasteiger partial charge on any atom is 0.335 e. The van der Waals surface area contributed by atoms with Crippen LogP contribution in [0.4, 0.5) is 5.69 Å². The monoisotopic (exact) mass is 671 g/mol. The standard InChI is InChI=1S/C34H42ClN3O7S/c1-21(39)37-17-25(32(18-37)46(36,43)44)4-2-6-30(40)27-10-7-24(27)16-38-19-34(13-3-5-22-14-26(35)9-11-28(22)34)20-45-31-12-8-23(33(41)42)15-29(31)38/h2,6,8-9,11-12,14-15,24-25,27,30,32,40H,3-5,7,10,13,16-20H2,1H3,(H,41,42)(H2,36,43,44)/b6-2+/t24-,25+,27+,30?,32+,34-/m0/s1. The van der Waals surface area contributed by atoms with Crippen molar-refractivity contribution < 1.29 is 33.0 Å². The quantitative estimate of drug-likeness (QED) is 0.357. The number of carboxylic acids is 1. The van der Waals surface area contributed by atoms with Crippen LogP contribution in [0.2, 0.25) is 5.02 Å². The molecule has 2 aromatic carbocycles. The first-order chi connectivity index (χ1) is 21.8. The van der Waals surface area contributed by atoms with E-state index in [0.717, 1.165) is 37.8 Å². The van der Waals surface area contributed by atoms with Gasteiger partial charge >= 0.3 is 5.97 Å². The average molecular weight is 672 g/mol. The summed E-state index contributed by atoms with van der Waals surface area (Å²) in [5, 5.41) is 26.4. The number of likely N-dealkylation sites (tertiary alicyclic amines) is 1. The number of rotatable bonds is 8. The predicted molar refractivity (Wildman–Crippen MR) is 176 cm³/mol. The molecule has 0 radical (unpaired) electrons. The molecule has 2 aliphatic heterocycles. The number of ether oxygens (including phenoxy) is 1. The largest absolute Gasteiger partial charge is 0.490 e. The Hall–Kier alpha value is -3.12. The molecule has 1 saturated heterocycles.